The largest absolute Gasteiger partial charge is 1.00 e. The molecule has 0 heterocycles. The van der Waals surface area contributed by atoms with Crippen molar-refractivity contribution in [2.75, 3.05) is 26.2 Å². The van der Waals surface area contributed by atoms with Crippen molar-refractivity contribution in [3.8, 4) is 0 Å². The molecule has 0 spiro atoms. The van der Waals surface area contributed by atoms with Crippen molar-refractivity contribution in [2.45, 2.75) is 0 Å². The van der Waals surface area contributed by atoms with Gasteiger partial charge in [-0.15, -0.1) is 0 Å². The number of nitrogens with zero attached hydrogens (tertiary/aromatic N) is 1. The molecule has 0 aliphatic heterocycles. The maximum Gasteiger partial charge on any atom is 1.00 e. The van der Waals surface area contributed by atoms with Crippen molar-refractivity contribution in [1.82, 2.24) is 0 Å². The normalized spacial score (nSPS) is 8.50. The van der Waals surface area contributed by atoms with Gasteiger partial charge in [0.2, 0.25) is 0 Å². The molecule has 16 heavy (non-hydrogen) atoms. The molecule has 0 aromatic rings. The van der Waals surface area contributed by atoms with Crippen LogP contribution in [0, 0.1) is 0 Å². The average molecular weight is 235 g/mol. The zero-order valence-corrected chi connectivity index (χ0v) is 12.3. The summed E-state index contributed by atoms with van der Waals surface area (Å²) in [6.45, 7) is 18.8. The van der Waals surface area contributed by atoms with Crippen LogP contribution in [-0.4, -0.2) is 41.6 Å². The Morgan fingerprint density at radius 2 is 0.812 bits per heavy atom. The molecule has 0 unspecified atom stereocenters. The van der Waals surface area contributed by atoms with Gasteiger partial charge in [0, 0.05) is 0 Å². The summed E-state index contributed by atoms with van der Waals surface area (Å²) in [5.74, 6) is 0. The van der Waals surface area contributed by atoms with E-state index in [-0.39, 0.29) is 40.5 Å². The van der Waals surface area contributed by atoms with Gasteiger partial charge in [0.05, 0.1) is 26.2 Å². The minimum Gasteiger partial charge on any atom is -0.870 e. The van der Waals surface area contributed by atoms with E-state index >= 15 is 0 Å². The summed E-state index contributed by atoms with van der Waals surface area (Å²) in [4.78, 5) is 0. The summed E-state index contributed by atoms with van der Waals surface area (Å²) in [5.41, 5.74) is 0. The topological polar surface area (TPSA) is 60.0 Å². The quantitative estimate of drug-likeness (QED) is 0.314. The van der Waals surface area contributed by atoms with Gasteiger partial charge in [-0.3, -0.25) is 0 Å². The Balaban J connectivity index is -0.000000240. The standard InChI is InChI=1S/C12H20N.Na.2H2O/c1-5-9-13(10-6-2,11-7-3)12-8-4;;;/h5-8H,1-4,9-12H2;;2*1H2/q2*+1;;/p-2. The Labute approximate surface area is 121 Å². The molecule has 0 amide bonds. The SMILES string of the molecule is C=CC[N+](CC=C)(CC=C)CC=C.[Na+].[OH-].[OH-]. The Bertz CT molecular complexity index is 160. The van der Waals surface area contributed by atoms with Gasteiger partial charge < -0.3 is 15.4 Å². The van der Waals surface area contributed by atoms with E-state index in [2.05, 4.69) is 26.3 Å². The van der Waals surface area contributed by atoms with Gasteiger partial charge in [-0.25, -0.2) is 0 Å². The smallest absolute Gasteiger partial charge is 0.870 e. The van der Waals surface area contributed by atoms with Crippen LogP contribution in [0.1, 0.15) is 0 Å². The van der Waals surface area contributed by atoms with E-state index < -0.39 is 0 Å². The Kier molecular flexibility index (Phi) is 23.1. The van der Waals surface area contributed by atoms with Gasteiger partial charge in [-0.1, -0.05) is 26.3 Å². The van der Waals surface area contributed by atoms with Gasteiger partial charge in [-0.2, -0.15) is 0 Å². The molecule has 0 aliphatic carbocycles. The fourth-order valence-corrected chi connectivity index (χ4v) is 1.54. The second kappa shape index (κ2) is 14.8. The van der Waals surface area contributed by atoms with Crippen LogP contribution in [0.5, 0.6) is 0 Å². The van der Waals surface area contributed by atoms with E-state index in [1.807, 2.05) is 24.3 Å². The molecule has 0 aliphatic rings. The van der Waals surface area contributed by atoms with Crippen LogP contribution in [0.15, 0.2) is 50.6 Å². The first kappa shape index (κ1) is 24.9. The van der Waals surface area contributed by atoms with Crippen molar-refractivity contribution in [3.05, 3.63) is 50.6 Å². The van der Waals surface area contributed by atoms with E-state index in [4.69, 9.17) is 0 Å². The summed E-state index contributed by atoms with van der Waals surface area (Å²) in [6, 6.07) is 0. The predicted octanol–water partition coefficient (Wildman–Crippen LogP) is -0.802. The van der Waals surface area contributed by atoms with Crippen LogP contribution in [0.25, 0.3) is 0 Å². The van der Waals surface area contributed by atoms with Crippen molar-refractivity contribution in [1.29, 1.82) is 0 Å². The molecule has 0 aromatic carbocycles. The summed E-state index contributed by atoms with van der Waals surface area (Å²) >= 11 is 0. The predicted molar refractivity (Wildman–Crippen MR) is 64.4 cm³/mol. The molecule has 88 valence electrons. The summed E-state index contributed by atoms with van der Waals surface area (Å²) in [7, 11) is 0. The first-order valence-corrected chi connectivity index (χ1v) is 4.53. The molecular formula is C12H22NNaO2. The number of hydrogen-bond acceptors (Lipinski definition) is 2. The zero-order valence-electron chi connectivity index (χ0n) is 10.3. The van der Waals surface area contributed by atoms with Crippen molar-refractivity contribution in [2.24, 2.45) is 0 Å². The third-order valence-corrected chi connectivity index (χ3v) is 2.07. The Hall–Kier alpha value is -0.160. The van der Waals surface area contributed by atoms with Gasteiger partial charge in [-0.05, 0) is 24.3 Å². The monoisotopic (exact) mass is 235 g/mol. The zero-order chi connectivity index (χ0) is 10.2. The molecule has 0 aromatic heterocycles. The third-order valence-electron chi connectivity index (χ3n) is 2.07. The van der Waals surface area contributed by atoms with E-state index in [1.165, 1.54) is 0 Å². The molecule has 0 saturated carbocycles. The fourth-order valence-electron chi connectivity index (χ4n) is 1.54. The summed E-state index contributed by atoms with van der Waals surface area (Å²) < 4.78 is 0.903. The van der Waals surface area contributed by atoms with Gasteiger partial charge in [0.1, 0.15) is 0 Å². The molecule has 4 heteroatoms. The molecule has 0 atom stereocenters. The Morgan fingerprint density at radius 1 is 0.625 bits per heavy atom. The molecule has 3 nitrogen and oxygen atoms in total. The maximum atomic E-state index is 3.77. The van der Waals surface area contributed by atoms with Crippen molar-refractivity contribution < 1.29 is 45.0 Å². The van der Waals surface area contributed by atoms with E-state index in [0.717, 1.165) is 30.7 Å². The first-order valence-electron chi connectivity index (χ1n) is 4.53. The molecule has 0 saturated heterocycles. The molecule has 2 N–H and O–H groups in total. The number of rotatable bonds is 8. The van der Waals surface area contributed by atoms with Crippen molar-refractivity contribution in [3.63, 3.8) is 0 Å². The van der Waals surface area contributed by atoms with Crippen LogP contribution in [0.4, 0.5) is 0 Å². The number of quaternary nitrogens is 1. The van der Waals surface area contributed by atoms with Crippen LogP contribution in [-0.2, 0) is 0 Å². The van der Waals surface area contributed by atoms with Crippen LogP contribution in [0.3, 0.4) is 0 Å². The number of hydrogen-bond donors (Lipinski definition) is 0. The summed E-state index contributed by atoms with van der Waals surface area (Å²) in [5, 5.41) is 0. The van der Waals surface area contributed by atoms with E-state index in [9.17, 15) is 0 Å². The molecular weight excluding hydrogens is 213 g/mol. The van der Waals surface area contributed by atoms with E-state index in [1.54, 1.807) is 0 Å². The maximum absolute atomic E-state index is 3.77. The van der Waals surface area contributed by atoms with E-state index in [0.29, 0.717) is 0 Å². The molecule has 0 rings (SSSR count). The Morgan fingerprint density at radius 3 is 0.938 bits per heavy atom. The fraction of sp³-hybridized carbons (Fsp3) is 0.333. The first-order chi connectivity index (χ1) is 6.24. The minimum atomic E-state index is 0. The van der Waals surface area contributed by atoms with Crippen LogP contribution in [0.2, 0.25) is 0 Å². The van der Waals surface area contributed by atoms with Gasteiger partial charge in [0.25, 0.3) is 0 Å². The summed E-state index contributed by atoms with van der Waals surface area (Å²) in [6.07, 6.45) is 7.76. The second-order valence-electron chi connectivity index (χ2n) is 3.23. The third kappa shape index (κ3) is 9.09. The molecule has 0 fully saturated rings. The average Bonchev–Trinajstić information content (AvgIpc) is 2.06. The molecule has 0 radical (unpaired) electrons. The van der Waals surface area contributed by atoms with Crippen LogP contribution >= 0.6 is 0 Å². The van der Waals surface area contributed by atoms with Gasteiger partial charge >= 0.3 is 29.6 Å². The van der Waals surface area contributed by atoms with Gasteiger partial charge in [0.15, 0.2) is 0 Å². The molecule has 0 bridgehead atoms. The minimum absolute atomic E-state index is 0. The van der Waals surface area contributed by atoms with Crippen molar-refractivity contribution >= 4 is 0 Å². The second-order valence-corrected chi connectivity index (χ2v) is 3.23. The van der Waals surface area contributed by atoms with Crippen LogP contribution < -0.4 is 29.6 Å².